The molecule has 0 aromatic heterocycles. The normalized spacial score (nSPS) is 29.2. The van der Waals surface area contributed by atoms with Crippen molar-refractivity contribution in [1.29, 1.82) is 0 Å². The third kappa shape index (κ3) is 1.54. The quantitative estimate of drug-likeness (QED) is 0.437. The van der Waals surface area contributed by atoms with E-state index in [4.69, 9.17) is 23.2 Å². The van der Waals surface area contributed by atoms with Gasteiger partial charge in [-0.25, -0.2) is 9.18 Å². The van der Waals surface area contributed by atoms with Crippen LogP contribution in [0.25, 0.3) is 0 Å². The number of halogens is 3. The van der Waals surface area contributed by atoms with Crippen molar-refractivity contribution in [2.75, 3.05) is 0 Å². The number of alkyl halides is 3. The standard InChI is InChI=1S/C4H3Cl2FN2O2/c5-4(6)1(7)2(10)8-3(11)9-4/h1H,(H2,8,9,10,11). The van der Waals surface area contributed by atoms with Crippen LogP contribution in [-0.4, -0.2) is 22.6 Å². The molecule has 0 aliphatic carbocycles. The SMILES string of the molecule is O=C1NC(=O)C(F)C(Cl)(Cl)N1. The molecule has 1 atom stereocenters. The van der Waals surface area contributed by atoms with Crippen LogP contribution in [0.2, 0.25) is 0 Å². The van der Waals surface area contributed by atoms with Crippen LogP contribution in [0.3, 0.4) is 0 Å². The summed E-state index contributed by atoms with van der Waals surface area (Å²) >= 11 is 10.4. The lowest BCUT2D eigenvalue weighted by Gasteiger charge is -2.28. The summed E-state index contributed by atoms with van der Waals surface area (Å²) in [7, 11) is 0. The second-order valence-corrected chi connectivity index (χ2v) is 3.31. The highest BCUT2D eigenvalue weighted by Crippen LogP contribution is 2.26. The Hall–Kier alpha value is -0.550. The molecule has 0 radical (unpaired) electrons. The average Bonchev–Trinajstić information content (AvgIpc) is 1.81. The minimum absolute atomic E-state index is 0.908. The third-order valence-corrected chi connectivity index (χ3v) is 1.64. The number of urea groups is 1. The molecule has 1 fully saturated rings. The van der Waals surface area contributed by atoms with Gasteiger partial charge < -0.3 is 5.32 Å². The van der Waals surface area contributed by atoms with Crippen LogP contribution in [0.4, 0.5) is 9.18 Å². The van der Waals surface area contributed by atoms with Gasteiger partial charge in [-0.1, -0.05) is 23.2 Å². The van der Waals surface area contributed by atoms with Gasteiger partial charge in [-0.3, -0.25) is 10.1 Å². The summed E-state index contributed by atoms with van der Waals surface area (Å²) < 4.78 is 10.5. The Morgan fingerprint density at radius 2 is 2.00 bits per heavy atom. The van der Waals surface area contributed by atoms with Crippen LogP contribution < -0.4 is 10.6 Å². The molecule has 7 heteroatoms. The summed E-state index contributed by atoms with van der Waals surface area (Å²) in [4.78, 5) is 21.0. The molecular formula is C4H3Cl2FN2O2. The lowest BCUT2D eigenvalue weighted by atomic mass is 10.3. The number of rotatable bonds is 0. The fraction of sp³-hybridized carbons (Fsp3) is 0.500. The molecule has 0 bridgehead atoms. The van der Waals surface area contributed by atoms with Crippen molar-refractivity contribution in [2.45, 2.75) is 10.6 Å². The fourth-order valence-electron chi connectivity index (χ4n) is 0.586. The predicted octanol–water partition coefficient (Wildman–Crippen LogP) is 0.295. The van der Waals surface area contributed by atoms with Crippen LogP contribution in [-0.2, 0) is 4.79 Å². The number of carbonyl (C=O) groups is 2. The van der Waals surface area contributed by atoms with Crippen LogP contribution in [0.1, 0.15) is 0 Å². The molecule has 1 rings (SSSR count). The highest BCUT2D eigenvalue weighted by Gasteiger charge is 2.46. The second-order valence-electron chi connectivity index (χ2n) is 1.93. The Bertz CT molecular complexity index is 220. The second kappa shape index (κ2) is 2.49. The van der Waals surface area contributed by atoms with E-state index < -0.39 is 22.6 Å². The highest BCUT2D eigenvalue weighted by molar-refractivity contribution is 6.51. The Morgan fingerprint density at radius 1 is 1.45 bits per heavy atom. The predicted molar refractivity (Wildman–Crippen MR) is 36.0 cm³/mol. The molecule has 1 unspecified atom stereocenters. The van der Waals surface area contributed by atoms with E-state index in [0.29, 0.717) is 0 Å². The molecule has 1 aliphatic heterocycles. The molecule has 11 heavy (non-hydrogen) atoms. The molecule has 0 spiro atoms. The zero-order chi connectivity index (χ0) is 8.65. The first-order valence-electron chi connectivity index (χ1n) is 2.58. The van der Waals surface area contributed by atoms with Crippen LogP contribution in [0.15, 0.2) is 0 Å². The smallest absolute Gasteiger partial charge is 0.303 e. The van der Waals surface area contributed by atoms with Gasteiger partial charge in [0.25, 0.3) is 5.91 Å². The highest BCUT2D eigenvalue weighted by atomic mass is 35.5. The first-order chi connectivity index (χ1) is 4.93. The zero-order valence-electron chi connectivity index (χ0n) is 5.03. The van der Waals surface area contributed by atoms with E-state index >= 15 is 0 Å². The summed E-state index contributed by atoms with van der Waals surface area (Å²) in [5.41, 5.74) is 0. The summed E-state index contributed by atoms with van der Waals surface area (Å²) in [6.45, 7) is 0. The molecule has 0 saturated carbocycles. The van der Waals surface area contributed by atoms with Gasteiger partial charge in [0.15, 0.2) is 0 Å². The minimum atomic E-state index is -2.15. The number of hydrogen-bond acceptors (Lipinski definition) is 2. The molecule has 1 saturated heterocycles. The number of nitrogens with one attached hydrogen (secondary N) is 2. The molecule has 1 aliphatic rings. The monoisotopic (exact) mass is 200 g/mol. The van der Waals surface area contributed by atoms with Crippen molar-refractivity contribution < 1.29 is 14.0 Å². The van der Waals surface area contributed by atoms with E-state index in [0.717, 1.165) is 0 Å². The largest absolute Gasteiger partial charge is 0.323 e. The van der Waals surface area contributed by atoms with Crippen molar-refractivity contribution in [2.24, 2.45) is 0 Å². The Labute approximate surface area is 71.0 Å². The van der Waals surface area contributed by atoms with Crippen molar-refractivity contribution in [3.05, 3.63) is 0 Å². The summed E-state index contributed by atoms with van der Waals surface area (Å²) in [6, 6.07) is -0.908. The molecule has 1 heterocycles. The van der Waals surface area contributed by atoms with Gasteiger partial charge >= 0.3 is 6.03 Å². The average molecular weight is 201 g/mol. The first-order valence-corrected chi connectivity index (χ1v) is 3.34. The minimum Gasteiger partial charge on any atom is -0.303 e. The number of carbonyl (C=O) groups excluding carboxylic acids is 2. The van der Waals surface area contributed by atoms with Crippen molar-refractivity contribution >= 4 is 35.1 Å². The molecule has 4 nitrogen and oxygen atoms in total. The fourth-order valence-corrected chi connectivity index (χ4v) is 0.956. The van der Waals surface area contributed by atoms with Crippen molar-refractivity contribution in [3.63, 3.8) is 0 Å². The summed E-state index contributed by atoms with van der Waals surface area (Å²) in [6.07, 6.45) is -2.15. The van der Waals surface area contributed by atoms with Gasteiger partial charge in [0.2, 0.25) is 10.6 Å². The zero-order valence-corrected chi connectivity index (χ0v) is 6.54. The number of imide groups is 1. The molecular weight excluding hydrogens is 198 g/mol. The lowest BCUT2D eigenvalue weighted by Crippen LogP contribution is -2.62. The van der Waals surface area contributed by atoms with E-state index in [1.165, 1.54) is 0 Å². The Morgan fingerprint density at radius 3 is 2.45 bits per heavy atom. The summed E-state index contributed by atoms with van der Waals surface area (Å²) in [5.74, 6) is -1.14. The van der Waals surface area contributed by atoms with Crippen LogP contribution in [0.5, 0.6) is 0 Å². The first kappa shape index (κ1) is 8.55. The van der Waals surface area contributed by atoms with E-state index in [2.05, 4.69) is 0 Å². The van der Waals surface area contributed by atoms with Gasteiger partial charge in [0, 0.05) is 0 Å². The van der Waals surface area contributed by atoms with Crippen molar-refractivity contribution in [1.82, 2.24) is 10.6 Å². The van der Waals surface area contributed by atoms with Gasteiger partial charge in [-0.2, -0.15) is 0 Å². The molecule has 0 aromatic carbocycles. The molecule has 3 amide bonds. The lowest BCUT2D eigenvalue weighted by molar-refractivity contribution is -0.126. The van der Waals surface area contributed by atoms with Gasteiger partial charge in [0.05, 0.1) is 0 Å². The molecule has 2 N–H and O–H groups in total. The third-order valence-electron chi connectivity index (χ3n) is 1.07. The van der Waals surface area contributed by atoms with Gasteiger partial charge in [0.1, 0.15) is 0 Å². The van der Waals surface area contributed by atoms with E-state index in [1.54, 1.807) is 5.32 Å². The Balaban J connectivity index is 2.83. The van der Waals surface area contributed by atoms with Gasteiger partial charge in [-0.05, 0) is 0 Å². The molecule has 0 aromatic rings. The van der Waals surface area contributed by atoms with Gasteiger partial charge in [-0.15, -0.1) is 0 Å². The Kier molecular flexibility index (Phi) is 1.94. The number of amides is 3. The maximum Gasteiger partial charge on any atom is 0.323 e. The topological polar surface area (TPSA) is 58.2 Å². The van der Waals surface area contributed by atoms with E-state index in [1.807, 2.05) is 5.32 Å². The van der Waals surface area contributed by atoms with E-state index in [-0.39, 0.29) is 0 Å². The van der Waals surface area contributed by atoms with Crippen molar-refractivity contribution in [3.8, 4) is 0 Å². The summed E-state index contributed by atoms with van der Waals surface area (Å²) in [5, 5.41) is 3.47. The maximum atomic E-state index is 12.6. The maximum absolute atomic E-state index is 12.6. The number of hydrogen-bond donors (Lipinski definition) is 2. The van der Waals surface area contributed by atoms with E-state index in [9.17, 15) is 14.0 Å². The molecule has 62 valence electrons. The van der Waals surface area contributed by atoms with Crippen LogP contribution in [0, 0.1) is 0 Å². The van der Waals surface area contributed by atoms with Crippen LogP contribution >= 0.6 is 23.2 Å².